The molecule has 0 saturated carbocycles. The molecule has 5 atom stereocenters. The number of hydrogen-bond acceptors (Lipinski definition) is 9. The molecule has 2 aromatic heterocycles. The van der Waals surface area contributed by atoms with E-state index >= 15 is 0 Å². The van der Waals surface area contributed by atoms with Crippen molar-refractivity contribution in [1.29, 1.82) is 0 Å². The Bertz CT molecular complexity index is 790. The molecule has 0 amide bonds. The molecule has 136 valence electrons. The first-order valence-corrected chi connectivity index (χ1v) is 7.79. The molecule has 1 aliphatic heterocycles. The number of aliphatic hydroxyl groups excluding tert-OH is 1. The summed E-state index contributed by atoms with van der Waals surface area (Å²) in [5.74, 6) is -0.406. The minimum absolute atomic E-state index is 0.292. The van der Waals surface area contributed by atoms with Gasteiger partial charge in [0.25, 0.3) is 0 Å². The van der Waals surface area contributed by atoms with Gasteiger partial charge in [0.05, 0.1) is 12.0 Å². The number of carbonyl (C=O) groups excluding carboxylic acids is 1. The lowest BCUT2D eigenvalue weighted by molar-refractivity contribution is -0.165. The van der Waals surface area contributed by atoms with E-state index < -0.39 is 42.7 Å². The van der Waals surface area contributed by atoms with Crippen molar-refractivity contribution < 1.29 is 24.5 Å². The molecule has 1 saturated heterocycles. The van der Waals surface area contributed by atoms with Gasteiger partial charge in [-0.2, -0.15) is 0 Å². The maximum Gasteiger partial charge on any atom is 0.323 e. The first kappa shape index (κ1) is 17.5. The SMILES string of the molecule is CC(N)C(=O)OC1C(CO)OC(n2ccc3c(N)ncnc32)[C@]1(C)O. The number of esters is 1. The minimum atomic E-state index is -1.64. The Kier molecular flexibility index (Phi) is 4.37. The van der Waals surface area contributed by atoms with Crippen LogP contribution in [0.3, 0.4) is 0 Å². The number of carbonyl (C=O) groups is 1. The molecule has 0 bridgehead atoms. The van der Waals surface area contributed by atoms with Gasteiger partial charge in [-0.25, -0.2) is 9.97 Å². The molecular weight excluding hydrogens is 330 g/mol. The third-order valence-electron chi connectivity index (χ3n) is 4.30. The number of hydrogen-bond donors (Lipinski definition) is 4. The van der Waals surface area contributed by atoms with Crippen molar-refractivity contribution in [2.75, 3.05) is 12.3 Å². The first-order chi connectivity index (χ1) is 11.8. The summed E-state index contributed by atoms with van der Waals surface area (Å²) in [6.07, 6.45) is -0.0344. The summed E-state index contributed by atoms with van der Waals surface area (Å²) in [5.41, 5.74) is 10.2. The van der Waals surface area contributed by atoms with Crippen molar-refractivity contribution in [1.82, 2.24) is 14.5 Å². The topological polar surface area (TPSA) is 159 Å². The van der Waals surface area contributed by atoms with Gasteiger partial charge in [0.2, 0.25) is 0 Å². The number of rotatable bonds is 4. The summed E-state index contributed by atoms with van der Waals surface area (Å²) in [6.45, 7) is 2.49. The van der Waals surface area contributed by atoms with E-state index in [9.17, 15) is 15.0 Å². The van der Waals surface area contributed by atoms with Crippen molar-refractivity contribution in [3.8, 4) is 0 Å². The van der Waals surface area contributed by atoms with Crippen LogP contribution in [0.1, 0.15) is 20.1 Å². The number of anilines is 1. The predicted molar refractivity (Wildman–Crippen MR) is 87.1 cm³/mol. The van der Waals surface area contributed by atoms with Crippen LogP contribution in [-0.2, 0) is 14.3 Å². The van der Waals surface area contributed by atoms with E-state index in [2.05, 4.69) is 9.97 Å². The maximum atomic E-state index is 11.9. The fraction of sp³-hybridized carbons (Fsp3) is 0.533. The second-order valence-corrected chi connectivity index (χ2v) is 6.30. The fourth-order valence-corrected chi connectivity index (χ4v) is 2.98. The Balaban J connectivity index is 1.99. The summed E-state index contributed by atoms with van der Waals surface area (Å²) in [7, 11) is 0. The molecule has 3 heterocycles. The smallest absolute Gasteiger partial charge is 0.323 e. The Morgan fingerprint density at radius 3 is 2.92 bits per heavy atom. The molecule has 0 radical (unpaired) electrons. The van der Waals surface area contributed by atoms with E-state index in [-0.39, 0.29) is 0 Å². The van der Waals surface area contributed by atoms with Gasteiger partial charge in [0.1, 0.15) is 35.5 Å². The summed E-state index contributed by atoms with van der Waals surface area (Å²) >= 11 is 0. The van der Waals surface area contributed by atoms with E-state index in [0.717, 1.165) is 0 Å². The highest BCUT2D eigenvalue weighted by atomic mass is 16.6. The number of fused-ring (bicyclic) bond motifs is 1. The molecule has 1 aliphatic rings. The zero-order valence-corrected chi connectivity index (χ0v) is 13.9. The van der Waals surface area contributed by atoms with Crippen molar-refractivity contribution in [2.45, 2.75) is 43.9 Å². The molecule has 25 heavy (non-hydrogen) atoms. The Hall–Kier alpha value is -2.27. The maximum absolute atomic E-state index is 11.9. The van der Waals surface area contributed by atoms with Crippen molar-refractivity contribution >= 4 is 22.8 Å². The highest BCUT2D eigenvalue weighted by Crippen LogP contribution is 2.41. The van der Waals surface area contributed by atoms with Crippen LogP contribution in [0.2, 0.25) is 0 Å². The average molecular weight is 351 g/mol. The van der Waals surface area contributed by atoms with Crippen LogP contribution in [0.25, 0.3) is 11.0 Å². The molecule has 0 aromatic carbocycles. The largest absolute Gasteiger partial charge is 0.455 e. The Morgan fingerprint density at radius 2 is 2.28 bits per heavy atom. The lowest BCUT2D eigenvalue weighted by atomic mass is 9.96. The molecule has 4 unspecified atom stereocenters. The van der Waals surface area contributed by atoms with Crippen LogP contribution in [0, 0.1) is 0 Å². The monoisotopic (exact) mass is 351 g/mol. The summed E-state index contributed by atoms with van der Waals surface area (Å²) in [4.78, 5) is 19.9. The van der Waals surface area contributed by atoms with Crippen LogP contribution in [0.15, 0.2) is 18.6 Å². The number of ether oxygens (including phenoxy) is 2. The van der Waals surface area contributed by atoms with Crippen molar-refractivity contribution in [3.63, 3.8) is 0 Å². The van der Waals surface area contributed by atoms with E-state index in [0.29, 0.717) is 16.9 Å². The van der Waals surface area contributed by atoms with E-state index in [1.807, 2.05) is 0 Å². The highest BCUT2D eigenvalue weighted by Gasteiger charge is 2.56. The van der Waals surface area contributed by atoms with Gasteiger partial charge in [-0.05, 0) is 19.9 Å². The molecule has 2 aromatic rings. The quantitative estimate of drug-likeness (QED) is 0.502. The van der Waals surface area contributed by atoms with Crippen LogP contribution in [-0.4, -0.2) is 61.2 Å². The second kappa shape index (κ2) is 6.23. The summed E-state index contributed by atoms with van der Waals surface area (Å²) in [6, 6.07) is 0.827. The fourth-order valence-electron chi connectivity index (χ4n) is 2.98. The van der Waals surface area contributed by atoms with Crippen LogP contribution >= 0.6 is 0 Å². The Labute approximate surface area is 143 Å². The molecule has 0 aliphatic carbocycles. The number of nitrogen functional groups attached to an aromatic ring is 1. The van der Waals surface area contributed by atoms with Gasteiger partial charge in [0, 0.05) is 6.20 Å². The van der Waals surface area contributed by atoms with Gasteiger partial charge in [-0.15, -0.1) is 0 Å². The number of aromatic nitrogens is 3. The van der Waals surface area contributed by atoms with E-state index in [4.69, 9.17) is 20.9 Å². The third-order valence-corrected chi connectivity index (χ3v) is 4.30. The summed E-state index contributed by atoms with van der Waals surface area (Å²) in [5, 5.41) is 21.2. The van der Waals surface area contributed by atoms with Gasteiger partial charge in [-0.1, -0.05) is 0 Å². The standard InChI is InChI=1S/C15H21N5O5/c1-7(16)13(22)25-10-9(5-21)24-14(15(10,2)23)20-4-3-8-11(17)18-6-19-12(8)20/h3-4,6-7,9-10,14,21,23H,5,16H2,1-2H3,(H2,17,18,19)/t7?,9?,10?,14?,15-/m1/s1. The average Bonchev–Trinajstić information content (AvgIpc) is 3.08. The Morgan fingerprint density at radius 1 is 1.56 bits per heavy atom. The first-order valence-electron chi connectivity index (χ1n) is 7.79. The van der Waals surface area contributed by atoms with Gasteiger partial charge >= 0.3 is 5.97 Å². The molecule has 10 nitrogen and oxygen atoms in total. The van der Waals surface area contributed by atoms with Gasteiger partial charge < -0.3 is 35.7 Å². The summed E-state index contributed by atoms with van der Waals surface area (Å²) < 4.78 is 12.6. The molecule has 6 N–H and O–H groups in total. The zero-order chi connectivity index (χ0) is 18.4. The van der Waals surface area contributed by atoms with Gasteiger partial charge in [-0.3, -0.25) is 4.79 Å². The minimum Gasteiger partial charge on any atom is -0.455 e. The van der Waals surface area contributed by atoms with Crippen LogP contribution in [0.4, 0.5) is 5.82 Å². The number of nitrogens with zero attached hydrogens (tertiary/aromatic N) is 3. The predicted octanol–water partition coefficient (Wildman–Crippen LogP) is -1.09. The lowest BCUT2D eigenvalue weighted by Crippen LogP contribution is -2.48. The second-order valence-electron chi connectivity index (χ2n) is 6.30. The molecule has 1 fully saturated rings. The highest BCUT2D eigenvalue weighted by molar-refractivity contribution is 5.86. The third kappa shape index (κ3) is 2.82. The van der Waals surface area contributed by atoms with E-state index in [1.54, 1.807) is 16.8 Å². The van der Waals surface area contributed by atoms with Gasteiger partial charge in [0.15, 0.2) is 12.3 Å². The number of aliphatic hydroxyl groups is 2. The number of nitrogens with two attached hydrogens (primary N) is 2. The van der Waals surface area contributed by atoms with Crippen molar-refractivity contribution in [2.24, 2.45) is 5.73 Å². The molecule has 10 heteroatoms. The molecular formula is C15H21N5O5. The lowest BCUT2D eigenvalue weighted by Gasteiger charge is -2.30. The van der Waals surface area contributed by atoms with Crippen LogP contribution < -0.4 is 11.5 Å². The molecule has 3 rings (SSSR count). The zero-order valence-electron chi connectivity index (χ0n) is 13.9. The van der Waals surface area contributed by atoms with Crippen LogP contribution in [0.5, 0.6) is 0 Å². The van der Waals surface area contributed by atoms with E-state index in [1.165, 1.54) is 20.2 Å². The van der Waals surface area contributed by atoms with Crippen molar-refractivity contribution in [3.05, 3.63) is 18.6 Å². The normalized spacial score (nSPS) is 30.5. The molecule has 0 spiro atoms.